The van der Waals surface area contributed by atoms with Gasteiger partial charge in [-0.2, -0.15) is 0 Å². The molecule has 0 radical (unpaired) electrons. The molecule has 2 fully saturated rings. The van der Waals surface area contributed by atoms with Crippen molar-refractivity contribution in [2.75, 3.05) is 33.8 Å². The van der Waals surface area contributed by atoms with Crippen LogP contribution in [-0.2, 0) is 23.9 Å². The fourth-order valence-corrected chi connectivity index (χ4v) is 7.58. The minimum atomic E-state index is -1.44. The molecule has 1 heterocycles. The number of amides is 4. The highest BCUT2D eigenvalue weighted by Crippen LogP contribution is 2.56. The molecule has 11 nitrogen and oxygen atoms in total. The number of hydrogen-bond donors (Lipinski definition) is 2. The zero-order chi connectivity index (χ0) is 35.8. The number of fused-ring (bicyclic) bond motifs is 3. The van der Waals surface area contributed by atoms with E-state index in [1.807, 2.05) is 66.7 Å². The van der Waals surface area contributed by atoms with Crippen LogP contribution >= 0.6 is 0 Å². The Kier molecular flexibility index (Phi) is 9.44. The molecule has 50 heavy (non-hydrogen) atoms. The minimum Gasteiger partial charge on any atom is -0.481 e. The number of carboxylic acid groups (broad SMARTS) is 1. The number of hydrogen-bond acceptors (Lipinski definition) is 6. The molecule has 4 amide bonds. The SMILES string of the molecule is CN(C(=O)OCC1c2ccccc2-c2ccccc21)C(C)(C)C(=O)N(C)C1(C(=O)N[C@@H](CC(=O)O)C(=O)N2CCCC2)C[C@@H]1c1ccccc1. The number of carbonyl (C=O) groups is 5. The third-order valence-corrected chi connectivity index (χ3v) is 10.8. The molecule has 2 aliphatic carbocycles. The zero-order valence-corrected chi connectivity index (χ0v) is 28.9. The molecule has 262 valence electrons. The van der Waals surface area contributed by atoms with Crippen molar-refractivity contribution in [3.8, 4) is 11.1 Å². The molecule has 11 heteroatoms. The van der Waals surface area contributed by atoms with E-state index in [2.05, 4.69) is 17.4 Å². The van der Waals surface area contributed by atoms with E-state index in [-0.39, 0.29) is 18.9 Å². The summed E-state index contributed by atoms with van der Waals surface area (Å²) in [5.74, 6) is -3.37. The molecule has 6 rings (SSSR count). The Hall–Kier alpha value is -5.19. The second-order valence-electron chi connectivity index (χ2n) is 14.0. The number of ether oxygens (including phenoxy) is 1. The van der Waals surface area contributed by atoms with Gasteiger partial charge in [-0.05, 0) is 60.9 Å². The summed E-state index contributed by atoms with van der Waals surface area (Å²) in [5.41, 5.74) is 2.30. The van der Waals surface area contributed by atoms with Crippen LogP contribution in [0.15, 0.2) is 78.9 Å². The first kappa shape index (κ1) is 34.7. The molecule has 3 aromatic carbocycles. The highest BCUT2D eigenvalue weighted by atomic mass is 16.6. The molecule has 3 aromatic rings. The van der Waals surface area contributed by atoms with Crippen LogP contribution < -0.4 is 5.32 Å². The Bertz CT molecular complexity index is 1760. The van der Waals surface area contributed by atoms with Crippen LogP contribution in [-0.4, -0.2) is 101 Å². The van der Waals surface area contributed by atoms with Crippen molar-refractivity contribution in [3.05, 3.63) is 95.6 Å². The molecule has 1 unspecified atom stereocenters. The number of likely N-dealkylation sites (N-methyl/N-ethyl adjacent to an activating group) is 2. The lowest BCUT2D eigenvalue weighted by Gasteiger charge is -2.40. The summed E-state index contributed by atoms with van der Waals surface area (Å²) in [7, 11) is 3.02. The van der Waals surface area contributed by atoms with Gasteiger partial charge in [-0.25, -0.2) is 4.79 Å². The van der Waals surface area contributed by atoms with Gasteiger partial charge in [0.2, 0.25) is 17.7 Å². The molecular formula is C39H44N4O7. The van der Waals surface area contributed by atoms with Gasteiger partial charge in [0.05, 0.1) is 6.42 Å². The van der Waals surface area contributed by atoms with Crippen LogP contribution in [0.1, 0.15) is 68.1 Å². The maximum absolute atomic E-state index is 14.4. The molecule has 2 N–H and O–H groups in total. The summed E-state index contributed by atoms with van der Waals surface area (Å²) < 4.78 is 5.86. The van der Waals surface area contributed by atoms with Gasteiger partial charge in [-0.3, -0.25) is 24.1 Å². The van der Waals surface area contributed by atoms with Gasteiger partial charge in [-0.15, -0.1) is 0 Å². The van der Waals surface area contributed by atoms with Crippen molar-refractivity contribution in [1.82, 2.24) is 20.0 Å². The third kappa shape index (κ3) is 6.21. The van der Waals surface area contributed by atoms with Crippen LogP contribution in [0, 0.1) is 0 Å². The van der Waals surface area contributed by atoms with E-state index in [1.165, 1.54) is 23.9 Å². The van der Waals surface area contributed by atoms with Gasteiger partial charge in [0.1, 0.15) is 23.7 Å². The fraction of sp³-hybridized carbons (Fsp3) is 0.410. The molecule has 0 aromatic heterocycles. The average molecular weight is 681 g/mol. The molecule has 3 atom stereocenters. The van der Waals surface area contributed by atoms with Crippen LogP contribution in [0.4, 0.5) is 4.79 Å². The van der Waals surface area contributed by atoms with Crippen molar-refractivity contribution < 1.29 is 33.8 Å². The Balaban J connectivity index is 1.21. The third-order valence-electron chi connectivity index (χ3n) is 10.8. The van der Waals surface area contributed by atoms with Gasteiger partial charge in [0, 0.05) is 39.0 Å². The summed E-state index contributed by atoms with van der Waals surface area (Å²) in [6, 6.07) is 24.1. The molecule has 3 aliphatic rings. The van der Waals surface area contributed by atoms with Gasteiger partial charge in [-0.1, -0.05) is 78.9 Å². The van der Waals surface area contributed by atoms with Crippen molar-refractivity contribution in [1.29, 1.82) is 0 Å². The first-order valence-corrected chi connectivity index (χ1v) is 17.1. The van der Waals surface area contributed by atoms with Crippen molar-refractivity contribution in [3.63, 3.8) is 0 Å². The summed E-state index contributed by atoms with van der Waals surface area (Å²) in [5, 5.41) is 12.4. The Labute approximate surface area is 292 Å². The minimum absolute atomic E-state index is 0.0791. The topological polar surface area (TPSA) is 137 Å². The number of rotatable bonds is 11. The van der Waals surface area contributed by atoms with E-state index in [0.717, 1.165) is 40.7 Å². The Morgan fingerprint density at radius 3 is 2.04 bits per heavy atom. The van der Waals surface area contributed by atoms with E-state index in [1.54, 1.807) is 18.7 Å². The predicted molar refractivity (Wildman–Crippen MR) is 186 cm³/mol. The largest absolute Gasteiger partial charge is 0.481 e. The molecular weight excluding hydrogens is 636 g/mol. The van der Waals surface area contributed by atoms with E-state index < -0.39 is 59.2 Å². The lowest BCUT2D eigenvalue weighted by molar-refractivity contribution is -0.149. The average Bonchev–Trinajstić information content (AvgIpc) is 3.48. The smallest absolute Gasteiger partial charge is 0.410 e. The van der Waals surface area contributed by atoms with Crippen LogP contribution in [0.5, 0.6) is 0 Å². The number of benzene rings is 3. The van der Waals surface area contributed by atoms with E-state index in [4.69, 9.17) is 4.74 Å². The Morgan fingerprint density at radius 1 is 0.900 bits per heavy atom. The lowest BCUT2D eigenvalue weighted by Crippen LogP contribution is -2.62. The standard InChI is InChI=1S/C39H44N4O7/c1-38(2,42(4)37(49)50-24-30-28-18-10-8-16-26(28)27-17-9-11-19-29(27)30)36(48)41(3)39(23-31(39)25-14-6-5-7-15-25)35(47)40-32(22-33(44)45)34(46)43-20-12-13-21-43/h5-11,14-19,30-32H,12-13,20-24H2,1-4H3,(H,40,47)(H,44,45)/t31-,32+,39?/m1/s1. The number of nitrogens with one attached hydrogen (secondary N) is 1. The summed E-state index contributed by atoms with van der Waals surface area (Å²) in [6.45, 7) is 4.27. The maximum Gasteiger partial charge on any atom is 0.410 e. The maximum atomic E-state index is 14.4. The summed E-state index contributed by atoms with van der Waals surface area (Å²) in [4.78, 5) is 71.6. The van der Waals surface area contributed by atoms with Gasteiger partial charge >= 0.3 is 12.1 Å². The number of carbonyl (C=O) groups excluding carboxylic acids is 4. The molecule has 0 spiro atoms. The first-order valence-electron chi connectivity index (χ1n) is 17.1. The van der Waals surface area contributed by atoms with E-state index in [0.29, 0.717) is 13.1 Å². The van der Waals surface area contributed by atoms with Crippen molar-refractivity contribution in [2.45, 2.75) is 68.5 Å². The molecule has 1 saturated carbocycles. The van der Waals surface area contributed by atoms with Gasteiger partial charge in [0.15, 0.2) is 0 Å². The molecule has 1 saturated heterocycles. The normalized spacial score (nSPS) is 19.9. The number of nitrogens with zero attached hydrogens (tertiary/aromatic N) is 3. The van der Waals surface area contributed by atoms with Crippen LogP contribution in [0.25, 0.3) is 11.1 Å². The fourth-order valence-electron chi connectivity index (χ4n) is 7.58. The highest BCUT2D eigenvalue weighted by Gasteiger charge is 2.66. The summed E-state index contributed by atoms with van der Waals surface area (Å²) in [6.07, 6.45) is 0.602. The monoisotopic (exact) mass is 680 g/mol. The van der Waals surface area contributed by atoms with Crippen molar-refractivity contribution >= 4 is 29.8 Å². The zero-order valence-electron chi connectivity index (χ0n) is 28.9. The summed E-state index contributed by atoms with van der Waals surface area (Å²) >= 11 is 0. The van der Waals surface area contributed by atoms with Crippen molar-refractivity contribution in [2.24, 2.45) is 0 Å². The van der Waals surface area contributed by atoms with Crippen LogP contribution in [0.3, 0.4) is 0 Å². The second-order valence-corrected chi connectivity index (χ2v) is 14.0. The highest BCUT2D eigenvalue weighted by molar-refractivity contribution is 6.01. The van der Waals surface area contributed by atoms with E-state index >= 15 is 0 Å². The number of likely N-dealkylation sites (tertiary alicyclic amines) is 1. The predicted octanol–water partition coefficient (Wildman–Crippen LogP) is 4.61. The Morgan fingerprint density at radius 2 is 1.46 bits per heavy atom. The van der Waals surface area contributed by atoms with E-state index in [9.17, 15) is 29.1 Å². The van der Waals surface area contributed by atoms with Crippen LogP contribution in [0.2, 0.25) is 0 Å². The van der Waals surface area contributed by atoms with Gasteiger partial charge < -0.3 is 25.0 Å². The lowest BCUT2D eigenvalue weighted by atomic mass is 9.97. The first-order chi connectivity index (χ1) is 23.9. The second kappa shape index (κ2) is 13.6. The molecule has 0 bridgehead atoms. The molecule has 1 aliphatic heterocycles. The quantitative estimate of drug-likeness (QED) is 0.302. The number of aliphatic carboxylic acids is 1. The van der Waals surface area contributed by atoms with Gasteiger partial charge in [0.25, 0.3) is 0 Å². The number of carboxylic acids is 1.